The highest BCUT2D eigenvalue weighted by Gasteiger charge is 2.18. The van der Waals surface area contributed by atoms with Gasteiger partial charge in [0.15, 0.2) is 0 Å². The van der Waals surface area contributed by atoms with Crippen molar-refractivity contribution in [3.8, 4) is 0 Å². The van der Waals surface area contributed by atoms with E-state index in [9.17, 15) is 0 Å². The number of anilines is 1. The Hall–Kier alpha value is -1.46. The Bertz CT molecular complexity index is 552. The summed E-state index contributed by atoms with van der Waals surface area (Å²) in [5.74, 6) is 0.993. The van der Waals surface area contributed by atoms with Crippen LogP contribution >= 0.6 is 11.3 Å². The summed E-state index contributed by atoms with van der Waals surface area (Å²) < 4.78 is 0. The van der Waals surface area contributed by atoms with Crippen LogP contribution in [0.3, 0.4) is 0 Å². The standard InChI is InChI=1S/C14H18N4S/c1-2-15-7-12-8-16-9-14(17-12)18-5-3-13-11(10-18)4-6-19-13/h4,6,8-9,15H,2-3,5,7,10H2,1H3. The maximum absolute atomic E-state index is 4.70. The molecule has 19 heavy (non-hydrogen) atoms. The summed E-state index contributed by atoms with van der Waals surface area (Å²) in [5.41, 5.74) is 2.45. The molecular formula is C14H18N4S. The summed E-state index contributed by atoms with van der Waals surface area (Å²) >= 11 is 1.86. The molecule has 0 fully saturated rings. The molecule has 2 aromatic heterocycles. The zero-order valence-electron chi connectivity index (χ0n) is 11.1. The average molecular weight is 274 g/mol. The monoisotopic (exact) mass is 274 g/mol. The largest absolute Gasteiger partial charge is 0.351 e. The first kappa shape index (κ1) is 12.6. The Morgan fingerprint density at radius 1 is 1.42 bits per heavy atom. The van der Waals surface area contributed by atoms with Crippen LogP contribution in [0.5, 0.6) is 0 Å². The fourth-order valence-corrected chi connectivity index (χ4v) is 3.22. The predicted octanol–water partition coefficient (Wildman–Crippen LogP) is 2.21. The molecule has 0 aromatic carbocycles. The van der Waals surface area contributed by atoms with Crippen molar-refractivity contribution >= 4 is 17.2 Å². The van der Waals surface area contributed by atoms with Gasteiger partial charge in [0.25, 0.3) is 0 Å². The van der Waals surface area contributed by atoms with E-state index >= 15 is 0 Å². The van der Waals surface area contributed by atoms with E-state index in [0.29, 0.717) is 0 Å². The molecule has 0 radical (unpaired) electrons. The molecule has 1 aliphatic rings. The summed E-state index contributed by atoms with van der Waals surface area (Å²) in [7, 11) is 0. The second-order valence-electron chi connectivity index (χ2n) is 4.69. The number of nitrogens with one attached hydrogen (secondary N) is 1. The zero-order chi connectivity index (χ0) is 13.1. The van der Waals surface area contributed by atoms with Crippen molar-refractivity contribution in [3.63, 3.8) is 0 Å². The Morgan fingerprint density at radius 2 is 2.37 bits per heavy atom. The first-order chi connectivity index (χ1) is 9.36. The van der Waals surface area contributed by atoms with E-state index in [2.05, 4.69) is 33.6 Å². The highest BCUT2D eigenvalue weighted by atomic mass is 32.1. The molecule has 3 rings (SSSR count). The highest BCUT2D eigenvalue weighted by Crippen LogP contribution is 2.26. The van der Waals surface area contributed by atoms with Crippen LogP contribution in [0.15, 0.2) is 23.8 Å². The van der Waals surface area contributed by atoms with E-state index in [4.69, 9.17) is 4.98 Å². The molecule has 1 N–H and O–H groups in total. The molecule has 0 saturated carbocycles. The summed E-state index contributed by atoms with van der Waals surface area (Å²) in [6.07, 6.45) is 4.82. The summed E-state index contributed by atoms with van der Waals surface area (Å²) in [5, 5.41) is 5.47. The lowest BCUT2D eigenvalue weighted by Crippen LogP contribution is -2.30. The fraction of sp³-hybridized carbons (Fsp3) is 0.429. The second-order valence-corrected chi connectivity index (χ2v) is 5.69. The van der Waals surface area contributed by atoms with Crippen LogP contribution < -0.4 is 10.2 Å². The molecular weight excluding hydrogens is 256 g/mol. The maximum atomic E-state index is 4.70. The smallest absolute Gasteiger partial charge is 0.147 e. The molecule has 5 heteroatoms. The van der Waals surface area contributed by atoms with E-state index in [1.807, 2.05) is 23.7 Å². The van der Waals surface area contributed by atoms with Gasteiger partial charge in [0.1, 0.15) is 5.82 Å². The molecule has 3 heterocycles. The number of thiophene rings is 1. The van der Waals surface area contributed by atoms with Crippen molar-refractivity contribution < 1.29 is 0 Å². The number of rotatable bonds is 4. The van der Waals surface area contributed by atoms with E-state index < -0.39 is 0 Å². The summed E-state index contributed by atoms with van der Waals surface area (Å²) in [4.78, 5) is 12.8. The van der Waals surface area contributed by atoms with E-state index in [-0.39, 0.29) is 0 Å². The molecule has 0 bridgehead atoms. The Kier molecular flexibility index (Phi) is 3.75. The van der Waals surface area contributed by atoms with Crippen LogP contribution in [-0.2, 0) is 19.5 Å². The van der Waals surface area contributed by atoms with Gasteiger partial charge in [-0.1, -0.05) is 6.92 Å². The van der Waals surface area contributed by atoms with Crippen molar-refractivity contribution in [1.29, 1.82) is 0 Å². The van der Waals surface area contributed by atoms with Gasteiger partial charge >= 0.3 is 0 Å². The Balaban J connectivity index is 1.76. The van der Waals surface area contributed by atoms with Crippen LogP contribution in [-0.4, -0.2) is 23.1 Å². The number of hydrogen-bond donors (Lipinski definition) is 1. The molecule has 0 saturated heterocycles. The second kappa shape index (κ2) is 5.67. The first-order valence-corrected chi connectivity index (χ1v) is 7.56. The van der Waals surface area contributed by atoms with Gasteiger partial charge in [0, 0.05) is 30.7 Å². The third-order valence-corrected chi connectivity index (χ3v) is 4.38. The van der Waals surface area contributed by atoms with E-state index in [0.717, 1.165) is 44.1 Å². The fourth-order valence-electron chi connectivity index (χ4n) is 2.33. The van der Waals surface area contributed by atoms with Crippen molar-refractivity contribution in [3.05, 3.63) is 40.0 Å². The van der Waals surface area contributed by atoms with E-state index in [1.165, 1.54) is 10.4 Å². The quantitative estimate of drug-likeness (QED) is 0.928. The van der Waals surface area contributed by atoms with Gasteiger partial charge in [-0.25, -0.2) is 4.98 Å². The van der Waals surface area contributed by atoms with Crippen molar-refractivity contribution in [1.82, 2.24) is 15.3 Å². The molecule has 100 valence electrons. The summed E-state index contributed by atoms with van der Waals surface area (Å²) in [6.45, 7) is 5.83. The van der Waals surface area contributed by atoms with Gasteiger partial charge < -0.3 is 10.2 Å². The third kappa shape index (κ3) is 2.77. The van der Waals surface area contributed by atoms with E-state index in [1.54, 1.807) is 0 Å². The highest BCUT2D eigenvalue weighted by molar-refractivity contribution is 7.10. The topological polar surface area (TPSA) is 41.1 Å². The molecule has 0 atom stereocenters. The zero-order valence-corrected chi connectivity index (χ0v) is 11.9. The normalized spacial score (nSPS) is 14.5. The Morgan fingerprint density at radius 3 is 3.26 bits per heavy atom. The third-order valence-electron chi connectivity index (χ3n) is 3.36. The lowest BCUT2D eigenvalue weighted by atomic mass is 10.1. The lowest BCUT2D eigenvalue weighted by Gasteiger charge is -2.27. The van der Waals surface area contributed by atoms with Gasteiger partial charge in [0.2, 0.25) is 0 Å². The summed E-state index contributed by atoms with van der Waals surface area (Å²) in [6, 6.07) is 2.22. The number of hydrogen-bond acceptors (Lipinski definition) is 5. The van der Waals surface area contributed by atoms with Gasteiger partial charge in [-0.15, -0.1) is 11.3 Å². The van der Waals surface area contributed by atoms with Crippen LogP contribution in [0.2, 0.25) is 0 Å². The van der Waals surface area contributed by atoms with Crippen molar-refractivity contribution in [2.75, 3.05) is 18.0 Å². The molecule has 0 unspecified atom stereocenters. The number of fused-ring (bicyclic) bond motifs is 1. The minimum Gasteiger partial charge on any atom is -0.351 e. The molecule has 1 aliphatic heterocycles. The Labute approximate surface area is 117 Å². The molecule has 0 spiro atoms. The van der Waals surface area contributed by atoms with Gasteiger partial charge in [-0.3, -0.25) is 4.98 Å². The number of nitrogens with zero attached hydrogens (tertiary/aromatic N) is 3. The van der Waals surface area contributed by atoms with Crippen LogP contribution in [0.1, 0.15) is 23.1 Å². The molecule has 4 nitrogen and oxygen atoms in total. The maximum Gasteiger partial charge on any atom is 0.147 e. The van der Waals surface area contributed by atoms with Gasteiger partial charge in [0.05, 0.1) is 11.9 Å². The SMILES string of the molecule is CCNCc1cncc(N2CCc3sccc3C2)n1. The van der Waals surface area contributed by atoms with Gasteiger partial charge in [-0.2, -0.15) is 0 Å². The predicted molar refractivity (Wildman–Crippen MR) is 78.5 cm³/mol. The lowest BCUT2D eigenvalue weighted by molar-refractivity contribution is 0.691. The minimum absolute atomic E-state index is 0.787. The van der Waals surface area contributed by atoms with Crippen molar-refractivity contribution in [2.24, 2.45) is 0 Å². The van der Waals surface area contributed by atoms with Crippen LogP contribution in [0.4, 0.5) is 5.82 Å². The van der Waals surface area contributed by atoms with Crippen molar-refractivity contribution in [2.45, 2.75) is 26.4 Å². The molecule has 0 amide bonds. The molecule has 2 aromatic rings. The van der Waals surface area contributed by atoms with Crippen LogP contribution in [0.25, 0.3) is 0 Å². The molecule has 0 aliphatic carbocycles. The van der Waals surface area contributed by atoms with Gasteiger partial charge in [-0.05, 0) is 30.0 Å². The average Bonchev–Trinajstić information content (AvgIpc) is 2.92. The van der Waals surface area contributed by atoms with Crippen LogP contribution in [0, 0.1) is 0 Å². The number of aromatic nitrogens is 2. The minimum atomic E-state index is 0.787. The first-order valence-electron chi connectivity index (χ1n) is 6.68.